The number of amides is 1. The molecule has 1 saturated heterocycles. The van der Waals surface area contributed by atoms with Crippen LogP contribution in [0.2, 0.25) is 0 Å². The lowest BCUT2D eigenvalue weighted by Gasteiger charge is -2.30. The van der Waals surface area contributed by atoms with Crippen molar-refractivity contribution in [3.8, 4) is 0 Å². The number of aryl methyl sites for hydroxylation is 1. The maximum Gasteiger partial charge on any atom is 0.230 e. The number of hydrogen-bond donors (Lipinski definition) is 1. The SMILES string of the molecule is Cl.O=C(C1CCCc2ccccc21)N1CCCNCC1. The highest BCUT2D eigenvalue weighted by molar-refractivity contribution is 5.85. The van der Waals surface area contributed by atoms with E-state index in [-0.39, 0.29) is 18.3 Å². The monoisotopic (exact) mass is 294 g/mol. The smallest absolute Gasteiger partial charge is 0.230 e. The molecule has 1 unspecified atom stereocenters. The molecule has 3 rings (SSSR count). The number of benzene rings is 1. The van der Waals surface area contributed by atoms with Gasteiger partial charge >= 0.3 is 0 Å². The maximum atomic E-state index is 12.8. The van der Waals surface area contributed by atoms with E-state index >= 15 is 0 Å². The summed E-state index contributed by atoms with van der Waals surface area (Å²) in [7, 11) is 0. The second kappa shape index (κ2) is 7.09. The van der Waals surface area contributed by atoms with E-state index < -0.39 is 0 Å². The summed E-state index contributed by atoms with van der Waals surface area (Å²) in [6.07, 6.45) is 4.35. The van der Waals surface area contributed by atoms with Gasteiger partial charge in [0.1, 0.15) is 0 Å². The minimum absolute atomic E-state index is 0. The van der Waals surface area contributed by atoms with Gasteiger partial charge in [-0.2, -0.15) is 0 Å². The largest absolute Gasteiger partial charge is 0.341 e. The summed E-state index contributed by atoms with van der Waals surface area (Å²) in [4.78, 5) is 14.8. The van der Waals surface area contributed by atoms with Gasteiger partial charge in [-0.25, -0.2) is 0 Å². The van der Waals surface area contributed by atoms with Crippen LogP contribution < -0.4 is 5.32 Å². The van der Waals surface area contributed by atoms with Crippen molar-refractivity contribution in [1.82, 2.24) is 10.2 Å². The first kappa shape index (κ1) is 15.3. The van der Waals surface area contributed by atoms with E-state index in [9.17, 15) is 4.79 Å². The standard InChI is InChI=1S/C16H22N2O.ClH/c19-16(18-11-4-9-17-10-12-18)15-8-3-6-13-5-1-2-7-14(13)15;/h1-2,5,7,15,17H,3-4,6,8-12H2;1H. The number of fused-ring (bicyclic) bond motifs is 1. The predicted molar refractivity (Wildman–Crippen MR) is 83.4 cm³/mol. The van der Waals surface area contributed by atoms with Crippen LogP contribution in [0.25, 0.3) is 0 Å². The van der Waals surface area contributed by atoms with Gasteiger partial charge in [-0.05, 0) is 43.4 Å². The van der Waals surface area contributed by atoms with Gasteiger partial charge in [0.15, 0.2) is 0 Å². The van der Waals surface area contributed by atoms with Gasteiger partial charge in [-0.15, -0.1) is 12.4 Å². The summed E-state index contributed by atoms with van der Waals surface area (Å²) < 4.78 is 0. The molecule has 3 nitrogen and oxygen atoms in total. The lowest BCUT2D eigenvalue weighted by Crippen LogP contribution is -2.38. The minimum atomic E-state index is 0. The van der Waals surface area contributed by atoms with Crippen LogP contribution in [0.15, 0.2) is 24.3 Å². The number of carbonyl (C=O) groups excluding carboxylic acids is 1. The zero-order valence-electron chi connectivity index (χ0n) is 11.8. The molecule has 2 aliphatic rings. The Morgan fingerprint density at radius 1 is 1.15 bits per heavy atom. The Bertz CT molecular complexity index is 456. The summed E-state index contributed by atoms with van der Waals surface area (Å²) in [5.41, 5.74) is 2.65. The molecular formula is C16H23ClN2O. The number of carbonyl (C=O) groups is 1. The molecule has 0 radical (unpaired) electrons. The molecule has 110 valence electrons. The molecule has 1 fully saturated rings. The fraction of sp³-hybridized carbons (Fsp3) is 0.562. The van der Waals surface area contributed by atoms with Crippen LogP contribution in [0.1, 0.15) is 36.3 Å². The van der Waals surface area contributed by atoms with Crippen molar-refractivity contribution in [2.75, 3.05) is 26.2 Å². The van der Waals surface area contributed by atoms with E-state index in [1.54, 1.807) is 0 Å². The quantitative estimate of drug-likeness (QED) is 0.862. The molecule has 1 atom stereocenters. The van der Waals surface area contributed by atoms with Crippen molar-refractivity contribution in [3.05, 3.63) is 35.4 Å². The van der Waals surface area contributed by atoms with E-state index in [0.29, 0.717) is 5.91 Å². The van der Waals surface area contributed by atoms with Crippen LogP contribution in [0.5, 0.6) is 0 Å². The van der Waals surface area contributed by atoms with Crippen molar-refractivity contribution in [2.45, 2.75) is 31.6 Å². The molecule has 1 aliphatic heterocycles. The van der Waals surface area contributed by atoms with Crippen molar-refractivity contribution >= 4 is 18.3 Å². The van der Waals surface area contributed by atoms with Crippen molar-refractivity contribution in [2.24, 2.45) is 0 Å². The molecule has 0 bridgehead atoms. The fourth-order valence-electron chi connectivity index (χ4n) is 3.30. The lowest BCUT2D eigenvalue weighted by molar-refractivity contribution is -0.133. The van der Waals surface area contributed by atoms with Gasteiger partial charge in [0, 0.05) is 19.6 Å². The normalized spacial score (nSPS) is 22.4. The maximum absolute atomic E-state index is 12.8. The summed E-state index contributed by atoms with van der Waals surface area (Å²) in [6, 6.07) is 8.47. The van der Waals surface area contributed by atoms with E-state index in [1.165, 1.54) is 11.1 Å². The second-order valence-electron chi connectivity index (χ2n) is 5.57. The fourth-order valence-corrected chi connectivity index (χ4v) is 3.30. The highest BCUT2D eigenvalue weighted by Crippen LogP contribution is 2.32. The molecular weight excluding hydrogens is 272 g/mol. The van der Waals surface area contributed by atoms with Crippen LogP contribution in [0.3, 0.4) is 0 Å². The Hall–Kier alpha value is -1.06. The van der Waals surface area contributed by atoms with Crippen molar-refractivity contribution in [3.63, 3.8) is 0 Å². The van der Waals surface area contributed by atoms with Crippen molar-refractivity contribution in [1.29, 1.82) is 0 Å². The van der Waals surface area contributed by atoms with E-state index in [0.717, 1.165) is 51.9 Å². The highest BCUT2D eigenvalue weighted by atomic mass is 35.5. The molecule has 1 aliphatic carbocycles. The van der Waals surface area contributed by atoms with Gasteiger partial charge in [0.25, 0.3) is 0 Å². The molecule has 1 N–H and O–H groups in total. The van der Waals surface area contributed by atoms with E-state index in [2.05, 4.69) is 34.5 Å². The lowest BCUT2D eigenvalue weighted by atomic mass is 9.82. The van der Waals surface area contributed by atoms with Crippen LogP contribution in [-0.4, -0.2) is 37.0 Å². The minimum Gasteiger partial charge on any atom is -0.341 e. The molecule has 0 aromatic heterocycles. The Kier molecular flexibility index (Phi) is 5.44. The average Bonchev–Trinajstić information content (AvgIpc) is 2.75. The number of halogens is 1. The highest BCUT2D eigenvalue weighted by Gasteiger charge is 2.29. The van der Waals surface area contributed by atoms with Crippen LogP contribution in [0, 0.1) is 0 Å². The summed E-state index contributed by atoms with van der Waals surface area (Å²) in [5.74, 6) is 0.443. The molecule has 0 spiro atoms. The van der Waals surface area contributed by atoms with Gasteiger partial charge < -0.3 is 10.2 Å². The molecule has 20 heavy (non-hydrogen) atoms. The Balaban J connectivity index is 0.00000147. The van der Waals surface area contributed by atoms with E-state index in [4.69, 9.17) is 0 Å². The Morgan fingerprint density at radius 3 is 2.90 bits per heavy atom. The third kappa shape index (κ3) is 3.15. The van der Waals surface area contributed by atoms with Crippen LogP contribution in [-0.2, 0) is 11.2 Å². The number of nitrogens with one attached hydrogen (secondary N) is 1. The second-order valence-corrected chi connectivity index (χ2v) is 5.57. The third-order valence-electron chi connectivity index (χ3n) is 4.32. The summed E-state index contributed by atoms with van der Waals surface area (Å²) >= 11 is 0. The summed E-state index contributed by atoms with van der Waals surface area (Å²) in [6.45, 7) is 3.73. The zero-order chi connectivity index (χ0) is 13.1. The first-order valence-electron chi connectivity index (χ1n) is 7.43. The van der Waals surface area contributed by atoms with Crippen LogP contribution in [0.4, 0.5) is 0 Å². The average molecular weight is 295 g/mol. The van der Waals surface area contributed by atoms with Gasteiger partial charge in [-0.1, -0.05) is 24.3 Å². The first-order valence-corrected chi connectivity index (χ1v) is 7.43. The molecule has 1 amide bonds. The Labute approximate surface area is 127 Å². The van der Waals surface area contributed by atoms with Gasteiger partial charge in [0.05, 0.1) is 5.92 Å². The molecule has 1 aromatic rings. The molecule has 0 saturated carbocycles. The number of rotatable bonds is 1. The molecule has 1 heterocycles. The zero-order valence-corrected chi connectivity index (χ0v) is 12.6. The van der Waals surface area contributed by atoms with Crippen LogP contribution >= 0.6 is 12.4 Å². The first-order chi connectivity index (χ1) is 9.36. The van der Waals surface area contributed by atoms with E-state index in [1.807, 2.05) is 0 Å². The van der Waals surface area contributed by atoms with Gasteiger partial charge in [0.2, 0.25) is 5.91 Å². The third-order valence-corrected chi connectivity index (χ3v) is 4.32. The number of nitrogens with zero attached hydrogens (tertiary/aromatic N) is 1. The Morgan fingerprint density at radius 2 is 2.00 bits per heavy atom. The topological polar surface area (TPSA) is 32.3 Å². The number of hydrogen-bond acceptors (Lipinski definition) is 2. The summed E-state index contributed by atoms with van der Waals surface area (Å²) in [5, 5.41) is 3.36. The molecule has 4 heteroatoms. The van der Waals surface area contributed by atoms with Gasteiger partial charge in [-0.3, -0.25) is 4.79 Å². The van der Waals surface area contributed by atoms with Crippen molar-refractivity contribution < 1.29 is 4.79 Å². The molecule has 1 aromatic carbocycles. The predicted octanol–water partition coefficient (Wildman–Crippen LogP) is 2.35.